The number of benzene rings is 1. The van der Waals surface area contributed by atoms with E-state index in [1.807, 2.05) is 12.1 Å². The van der Waals surface area contributed by atoms with Gasteiger partial charge in [0.15, 0.2) is 5.76 Å². The van der Waals surface area contributed by atoms with Gasteiger partial charge in [0.2, 0.25) is 0 Å². The van der Waals surface area contributed by atoms with Crippen LogP contribution in [0.3, 0.4) is 0 Å². The average Bonchev–Trinajstić information content (AvgIpc) is 2.17. The van der Waals surface area contributed by atoms with Crippen LogP contribution < -0.4 is 0 Å². The topological polar surface area (TPSA) is 29.5 Å². The van der Waals surface area contributed by atoms with Crippen molar-refractivity contribution in [2.45, 2.75) is 0 Å². The van der Waals surface area contributed by atoms with E-state index < -0.39 is 0 Å². The quantitative estimate of drug-likeness (QED) is 0.420. The van der Waals surface area contributed by atoms with Gasteiger partial charge in [-0.05, 0) is 5.56 Å². The zero-order chi connectivity index (χ0) is 8.97. The van der Waals surface area contributed by atoms with Crippen LogP contribution in [0.2, 0.25) is 0 Å². The highest BCUT2D eigenvalue weighted by molar-refractivity contribution is 5.59. The molecule has 1 aromatic carbocycles. The first-order chi connectivity index (χ1) is 5.77. The Balaban J connectivity index is 2.91. The molecule has 0 unspecified atom stereocenters. The molecule has 2 heteroatoms. The van der Waals surface area contributed by atoms with Crippen molar-refractivity contribution in [2.24, 2.45) is 0 Å². The lowest BCUT2D eigenvalue weighted by molar-refractivity contribution is -0.169. The largest absolute Gasteiger partial charge is 0.340 e. The van der Waals surface area contributed by atoms with Crippen molar-refractivity contribution in [3.63, 3.8) is 0 Å². The van der Waals surface area contributed by atoms with Gasteiger partial charge in [0.05, 0.1) is 0 Å². The maximum absolute atomic E-state index is 8.30. The second-order valence-electron chi connectivity index (χ2n) is 2.34. The van der Waals surface area contributed by atoms with Crippen molar-refractivity contribution in [1.29, 1.82) is 0 Å². The minimum Gasteiger partial charge on any atom is -0.340 e. The Morgan fingerprint density at radius 3 is 2.33 bits per heavy atom. The fourth-order valence-electron chi connectivity index (χ4n) is 0.858. The lowest BCUT2D eigenvalue weighted by Crippen LogP contribution is -1.84. The molecule has 0 heterocycles. The molecule has 0 aliphatic heterocycles. The van der Waals surface area contributed by atoms with Gasteiger partial charge in [0, 0.05) is 5.56 Å². The maximum Gasteiger partial charge on any atom is 0.165 e. The Bertz CT molecular complexity index is 285. The summed E-state index contributed by atoms with van der Waals surface area (Å²) in [4.78, 5) is 3.99. The van der Waals surface area contributed by atoms with Gasteiger partial charge in [-0.1, -0.05) is 43.5 Å². The molecule has 0 atom stereocenters. The Hall–Kier alpha value is -1.54. The summed E-state index contributed by atoms with van der Waals surface area (Å²) in [5, 5.41) is 8.30. The summed E-state index contributed by atoms with van der Waals surface area (Å²) >= 11 is 0. The summed E-state index contributed by atoms with van der Waals surface area (Å²) in [6, 6.07) is 7.34. The van der Waals surface area contributed by atoms with Crippen molar-refractivity contribution in [3.05, 3.63) is 48.6 Å². The number of rotatable bonds is 3. The van der Waals surface area contributed by atoms with Gasteiger partial charge in [0.25, 0.3) is 0 Å². The smallest absolute Gasteiger partial charge is 0.165 e. The number of hydrogen-bond acceptors (Lipinski definition) is 2. The predicted octanol–water partition coefficient (Wildman–Crippen LogP) is 2.79. The molecule has 1 N–H and O–H groups in total. The van der Waals surface area contributed by atoms with Crippen LogP contribution in [-0.2, 0) is 4.89 Å². The van der Waals surface area contributed by atoms with Crippen molar-refractivity contribution < 1.29 is 10.1 Å². The van der Waals surface area contributed by atoms with Crippen molar-refractivity contribution in [3.8, 4) is 0 Å². The summed E-state index contributed by atoms with van der Waals surface area (Å²) in [7, 11) is 0. The second-order valence-corrected chi connectivity index (χ2v) is 2.34. The van der Waals surface area contributed by atoms with E-state index >= 15 is 0 Å². The molecule has 1 aromatic rings. The zero-order valence-corrected chi connectivity index (χ0v) is 6.66. The zero-order valence-electron chi connectivity index (χ0n) is 6.66. The van der Waals surface area contributed by atoms with Crippen LogP contribution in [0, 0.1) is 0 Å². The molecule has 1 rings (SSSR count). The molecule has 62 valence electrons. The average molecular weight is 162 g/mol. The second kappa shape index (κ2) is 3.74. The molecule has 12 heavy (non-hydrogen) atoms. The molecule has 0 bridgehead atoms. The minimum absolute atomic E-state index is 0.241. The molecule has 0 amide bonds. The van der Waals surface area contributed by atoms with Crippen LogP contribution in [0.25, 0.3) is 11.8 Å². The van der Waals surface area contributed by atoms with E-state index in [4.69, 9.17) is 5.26 Å². The Morgan fingerprint density at radius 2 is 1.92 bits per heavy atom. The van der Waals surface area contributed by atoms with Crippen LogP contribution >= 0.6 is 0 Å². The van der Waals surface area contributed by atoms with Crippen molar-refractivity contribution >= 4 is 11.8 Å². The lowest BCUT2D eigenvalue weighted by Gasteiger charge is -2.00. The van der Waals surface area contributed by atoms with Gasteiger partial charge >= 0.3 is 0 Å². The van der Waals surface area contributed by atoms with E-state index in [0.717, 1.165) is 11.1 Å². The molecule has 0 spiro atoms. The lowest BCUT2D eigenvalue weighted by atomic mass is 10.1. The molecule has 0 saturated heterocycles. The molecule has 0 radical (unpaired) electrons. The summed E-state index contributed by atoms with van der Waals surface area (Å²) in [6.07, 6.45) is 1.74. The van der Waals surface area contributed by atoms with Gasteiger partial charge in [-0.25, -0.2) is 5.26 Å². The Kier molecular flexibility index (Phi) is 2.66. The molecule has 0 aliphatic rings. The van der Waals surface area contributed by atoms with Gasteiger partial charge in [-0.3, -0.25) is 0 Å². The third-order valence-corrected chi connectivity index (χ3v) is 1.58. The Labute approximate surface area is 71.3 Å². The van der Waals surface area contributed by atoms with E-state index in [1.54, 1.807) is 18.2 Å². The maximum atomic E-state index is 8.30. The summed E-state index contributed by atoms with van der Waals surface area (Å²) < 4.78 is 0. The molecule has 0 aromatic heterocycles. The molecular weight excluding hydrogens is 152 g/mol. The summed E-state index contributed by atoms with van der Waals surface area (Å²) in [6.45, 7) is 7.12. The van der Waals surface area contributed by atoms with E-state index in [1.165, 1.54) is 0 Å². The van der Waals surface area contributed by atoms with Crippen molar-refractivity contribution in [1.82, 2.24) is 0 Å². The molecular formula is C10H10O2. The van der Waals surface area contributed by atoms with Gasteiger partial charge in [-0.15, -0.1) is 0 Å². The third-order valence-electron chi connectivity index (χ3n) is 1.58. The highest BCUT2D eigenvalue weighted by Crippen LogP contribution is 2.13. The van der Waals surface area contributed by atoms with E-state index in [0.29, 0.717) is 0 Å². The first-order valence-corrected chi connectivity index (χ1v) is 3.51. The minimum atomic E-state index is 0.241. The third kappa shape index (κ3) is 1.74. The normalized spacial score (nSPS) is 9.08. The molecule has 0 fully saturated rings. The monoisotopic (exact) mass is 162 g/mol. The summed E-state index contributed by atoms with van der Waals surface area (Å²) in [5.74, 6) is 0.241. The summed E-state index contributed by atoms with van der Waals surface area (Å²) in [5.41, 5.74) is 1.77. The highest BCUT2D eigenvalue weighted by Gasteiger charge is 1.97. The molecule has 0 saturated carbocycles. The molecule has 2 nitrogen and oxygen atoms in total. The first-order valence-electron chi connectivity index (χ1n) is 3.51. The van der Waals surface area contributed by atoms with E-state index in [2.05, 4.69) is 18.0 Å². The SMILES string of the molecule is C=Cc1ccc(C(=C)OO)cc1. The van der Waals surface area contributed by atoms with Crippen LogP contribution in [0.1, 0.15) is 11.1 Å². The van der Waals surface area contributed by atoms with E-state index in [-0.39, 0.29) is 5.76 Å². The van der Waals surface area contributed by atoms with Gasteiger partial charge < -0.3 is 4.89 Å². The standard InChI is InChI=1S/C10H10O2/c1-3-9-4-6-10(7-5-9)8(2)12-11/h3-7,11H,1-2H2. The van der Waals surface area contributed by atoms with E-state index in [9.17, 15) is 0 Å². The van der Waals surface area contributed by atoms with Crippen molar-refractivity contribution in [2.75, 3.05) is 0 Å². The number of hydrogen-bond donors (Lipinski definition) is 1. The fourth-order valence-corrected chi connectivity index (χ4v) is 0.858. The fraction of sp³-hybridized carbons (Fsp3) is 0. The van der Waals surface area contributed by atoms with Crippen LogP contribution in [0.15, 0.2) is 37.4 Å². The van der Waals surface area contributed by atoms with Gasteiger partial charge in [0.1, 0.15) is 0 Å². The van der Waals surface area contributed by atoms with Crippen LogP contribution in [0.5, 0.6) is 0 Å². The van der Waals surface area contributed by atoms with Gasteiger partial charge in [-0.2, -0.15) is 0 Å². The molecule has 0 aliphatic carbocycles. The highest BCUT2D eigenvalue weighted by atomic mass is 17.1. The Morgan fingerprint density at radius 1 is 1.33 bits per heavy atom. The predicted molar refractivity (Wildman–Crippen MR) is 49.3 cm³/mol. The van der Waals surface area contributed by atoms with Crippen LogP contribution in [0.4, 0.5) is 0 Å². The van der Waals surface area contributed by atoms with Crippen LogP contribution in [-0.4, -0.2) is 5.26 Å². The first kappa shape index (κ1) is 8.56.